The second-order valence-corrected chi connectivity index (χ2v) is 6.81. The second kappa shape index (κ2) is 5.59. The molecule has 7 nitrogen and oxygen atoms in total. The number of hydrogen-bond donors (Lipinski definition) is 1. The van der Waals surface area contributed by atoms with Crippen LogP contribution in [0.1, 0.15) is 32.3 Å². The van der Waals surface area contributed by atoms with Gasteiger partial charge in [0.05, 0.1) is 12.1 Å². The summed E-state index contributed by atoms with van der Waals surface area (Å²) in [7, 11) is 0. The number of rotatable bonds is 3. The van der Waals surface area contributed by atoms with Crippen LogP contribution in [-0.4, -0.2) is 31.1 Å². The Bertz CT molecular complexity index is 860. The van der Waals surface area contributed by atoms with Crippen molar-refractivity contribution >= 4 is 17.7 Å². The summed E-state index contributed by atoms with van der Waals surface area (Å²) in [6, 6.07) is 5.21. The molecule has 7 heteroatoms. The van der Waals surface area contributed by atoms with Crippen molar-refractivity contribution in [1.29, 1.82) is 0 Å². The molecule has 1 aromatic rings. The summed E-state index contributed by atoms with van der Waals surface area (Å²) in [5.74, 6) is -1.08. The molecule has 0 bridgehead atoms. The number of ether oxygens (including phenoxy) is 3. The minimum absolute atomic E-state index is 0.110. The number of esters is 1. The van der Waals surface area contributed by atoms with Crippen LogP contribution in [0.25, 0.3) is 0 Å². The maximum absolute atomic E-state index is 13.0. The van der Waals surface area contributed by atoms with E-state index in [0.29, 0.717) is 23.5 Å². The molecule has 0 spiro atoms. The van der Waals surface area contributed by atoms with Crippen LogP contribution < -0.4 is 14.8 Å². The van der Waals surface area contributed by atoms with Crippen LogP contribution in [0.15, 0.2) is 29.8 Å². The third-order valence-corrected chi connectivity index (χ3v) is 5.44. The van der Waals surface area contributed by atoms with E-state index in [0.717, 1.165) is 5.57 Å². The van der Waals surface area contributed by atoms with Gasteiger partial charge in [-0.3, -0.25) is 14.4 Å². The average Bonchev–Trinajstić information content (AvgIpc) is 3.18. The van der Waals surface area contributed by atoms with E-state index in [1.54, 1.807) is 25.1 Å². The second-order valence-electron chi connectivity index (χ2n) is 6.81. The van der Waals surface area contributed by atoms with Gasteiger partial charge >= 0.3 is 5.97 Å². The van der Waals surface area contributed by atoms with Crippen LogP contribution in [0, 0.1) is 5.41 Å². The summed E-state index contributed by atoms with van der Waals surface area (Å²) in [6.45, 7) is 3.76. The molecule has 0 unspecified atom stereocenters. The van der Waals surface area contributed by atoms with E-state index in [1.165, 1.54) is 0 Å². The minimum atomic E-state index is -1.62. The summed E-state index contributed by atoms with van der Waals surface area (Å²) < 4.78 is 16.0. The first-order valence-corrected chi connectivity index (χ1v) is 8.54. The Balaban J connectivity index is 1.94. The van der Waals surface area contributed by atoms with E-state index in [9.17, 15) is 14.4 Å². The lowest BCUT2D eigenvalue weighted by Crippen LogP contribution is -2.57. The molecule has 4 rings (SSSR count). The Kier molecular flexibility index (Phi) is 3.57. The molecular formula is C19H19NO6. The highest BCUT2D eigenvalue weighted by Crippen LogP contribution is 2.55. The molecule has 1 aromatic carbocycles. The van der Waals surface area contributed by atoms with E-state index >= 15 is 0 Å². The normalized spacial score (nSPS) is 29.1. The van der Waals surface area contributed by atoms with Crippen molar-refractivity contribution in [2.24, 2.45) is 5.41 Å². The van der Waals surface area contributed by atoms with Crippen LogP contribution in [0.4, 0.5) is 0 Å². The Morgan fingerprint density at radius 1 is 1.27 bits per heavy atom. The van der Waals surface area contributed by atoms with Crippen molar-refractivity contribution in [2.45, 2.75) is 32.2 Å². The summed E-state index contributed by atoms with van der Waals surface area (Å²) in [4.78, 5) is 38.4. The van der Waals surface area contributed by atoms with Gasteiger partial charge in [0, 0.05) is 0 Å². The summed E-state index contributed by atoms with van der Waals surface area (Å²) in [5, 5.41) is 2.80. The smallest absolute Gasteiger partial charge is 0.323 e. The van der Waals surface area contributed by atoms with Crippen LogP contribution in [0.5, 0.6) is 11.5 Å². The van der Waals surface area contributed by atoms with Gasteiger partial charge in [0.2, 0.25) is 12.6 Å². The maximum Gasteiger partial charge on any atom is 0.323 e. The fourth-order valence-corrected chi connectivity index (χ4v) is 4.21. The van der Waals surface area contributed by atoms with Crippen LogP contribution in [0.2, 0.25) is 0 Å². The molecule has 1 fully saturated rings. The third kappa shape index (κ3) is 1.97. The molecule has 26 heavy (non-hydrogen) atoms. The molecule has 136 valence electrons. The zero-order chi connectivity index (χ0) is 18.5. The van der Waals surface area contributed by atoms with Crippen molar-refractivity contribution in [3.8, 4) is 11.5 Å². The molecule has 1 amide bonds. The highest BCUT2D eigenvalue weighted by Gasteiger charge is 2.70. The Morgan fingerprint density at radius 3 is 2.81 bits per heavy atom. The summed E-state index contributed by atoms with van der Waals surface area (Å²) >= 11 is 0. The largest absolute Gasteiger partial charge is 0.465 e. The number of carbonyl (C=O) groups excluding carboxylic acids is 3. The molecule has 0 saturated carbocycles. The number of hydrogen-bond acceptors (Lipinski definition) is 6. The van der Waals surface area contributed by atoms with Gasteiger partial charge in [-0.05, 0) is 44.4 Å². The molecule has 1 saturated heterocycles. The Hall–Kier alpha value is -2.83. The number of nitrogens with one attached hydrogen (secondary N) is 1. The van der Waals surface area contributed by atoms with Crippen molar-refractivity contribution in [2.75, 3.05) is 13.4 Å². The average molecular weight is 357 g/mol. The van der Waals surface area contributed by atoms with Gasteiger partial charge in [-0.15, -0.1) is 0 Å². The Morgan fingerprint density at radius 2 is 2.04 bits per heavy atom. The number of allylic oxidation sites excluding steroid dienone is 1. The minimum Gasteiger partial charge on any atom is -0.465 e. The van der Waals surface area contributed by atoms with Crippen molar-refractivity contribution in [3.05, 3.63) is 35.4 Å². The lowest BCUT2D eigenvalue weighted by Gasteiger charge is -2.44. The third-order valence-electron chi connectivity index (χ3n) is 5.44. The van der Waals surface area contributed by atoms with Gasteiger partial charge in [0.1, 0.15) is 0 Å². The molecule has 2 aliphatic heterocycles. The number of benzene rings is 1. The van der Waals surface area contributed by atoms with Gasteiger partial charge < -0.3 is 19.5 Å². The van der Waals surface area contributed by atoms with Crippen molar-refractivity contribution in [3.63, 3.8) is 0 Å². The Labute approximate surface area is 150 Å². The van der Waals surface area contributed by atoms with E-state index < -0.39 is 28.6 Å². The number of Topliss-reactive ketones (excluding diaryl/α,β-unsaturated/α-hetero) is 1. The lowest BCUT2D eigenvalue weighted by molar-refractivity contribution is -0.164. The number of amides is 1. The number of ketones is 1. The SMILES string of the molecule is CCOC(=O)[C@]12CC(C)=CC[C@@]1(c1ccc3c(c1)OCO3)NC(=O)C2=O. The molecule has 2 heterocycles. The van der Waals surface area contributed by atoms with Gasteiger partial charge in [-0.25, -0.2) is 0 Å². The fraction of sp³-hybridized carbons (Fsp3) is 0.421. The van der Waals surface area contributed by atoms with Crippen molar-refractivity contribution in [1.82, 2.24) is 5.32 Å². The number of carbonyl (C=O) groups is 3. The topological polar surface area (TPSA) is 90.9 Å². The van der Waals surface area contributed by atoms with E-state index in [-0.39, 0.29) is 19.8 Å². The molecular weight excluding hydrogens is 338 g/mol. The van der Waals surface area contributed by atoms with Gasteiger partial charge in [-0.2, -0.15) is 0 Å². The highest BCUT2D eigenvalue weighted by atomic mass is 16.7. The molecule has 2 atom stereocenters. The highest BCUT2D eigenvalue weighted by molar-refractivity contribution is 6.45. The molecule has 0 aromatic heterocycles. The first-order chi connectivity index (χ1) is 12.4. The predicted molar refractivity (Wildman–Crippen MR) is 89.4 cm³/mol. The zero-order valence-corrected chi connectivity index (χ0v) is 14.6. The van der Waals surface area contributed by atoms with Crippen LogP contribution in [0.3, 0.4) is 0 Å². The molecule has 0 radical (unpaired) electrons. The monoisotopic (exact) mass is 357 g/mol. The van der Waals surface area contributed by atoms with E-state index in [4.69, 9.17) is 14.2 Å². The van der Waals surface area contributed by atoms with Gasteiger partial charge in [0.15, 0.2) is 16.9 Å². The predicted octanol–water partition coefficient (Wildman–Crippen LogP) is 1.60. The van der Waals surface area contributed by atoms with E-state index in [2.05, 4.69) is 5.32 Å². The molecule has 1 N–H and O–H groups in total. The fourth-order valence-electron chi connectivity index (χ4n) is 4.21. The van der Waals surface area contributed by atoms with Crippen LogP contribution in [-0.2, 0) is 24.7 Å². The van der Waals surface area contributed by atoms with Gasteiger partial charge in [-0.1, -0.05) is 17.7 Å². The molecule has 3 aliphatic rings. The lowest BCUT2D eigenvalue weighted by atomic mass is 9.59. The first kappa shape index (κ1) is 16.6. The zero-order valence-electron chi connectivity index (χ0n) is 14.6. The summed E-state index contributed by atoms with van der Waals surface area (Å²) in [6.07, 6.45) is 2.40. The first-order valence-electron chi connectivity index (χ1n) is 8.54. The van der Waals surface area contributed by atoms with Crippen molar-refractivity contribution < 1.29 is 28.6 Å². The number of fused-ring (bicyclic) bond motifs is 2. The quantitative estimate of drug-likeness (QED) is 0.382. The standard InChI is InChI=1S/C19H19NO6/c1-3-24-17(23)18-9-11(2)6-7-19(18,20-16(22)15(18)21)12-4-5-13-14(8-12)26-10-25-13/h4-6,8H,3,7,9-10H2,1-2H3,(H,20,22)/t18-,19+/m1/s1. The van der Waals surface area contributed by atoms with Crippen LogP contribution >= 0.6 is 0 Å². The van der Waals surface area contributed by atoms with Gasteiger partial charge in [0.25, 0.3) is 5.91 Å². The van der Waals surface area contributed by atoms with E-state index in [1.807, 2.05) is 13.0 Å². The molecule has 1 aliphatic carbocycles. The summed E-state index contributed by atoms with van der Waals surface area (Å²) in [5.41, 5.74) is -1.32. The maximum atomic E-state index is 13.0.